The Labute approximate surface area is 137 Å². The van der Waals surface area contributed by atoms with Gasteiger partial charge in [0.15, 0.2) is 0 Å². The molecular weight excluding hydrogens is 300 g/mol. The van der Waals surface area contributed by atoms with Crippen molar-refractivity contribution in [3.05, 3.63) is 71.3 Å². The van der Waals surface area contributed by atoms with Gasteiger partial charge in [0.2, 0.25) is 0 Å². The van der Waals surface area contributed by atoms with Gasteiger partial charge < -0.3 is 4.74 Å². The Kier molecular flexibility index (Phi) is 2.44. The van der Waals surface area contributed by atoms with E-state index >= 15 is 0 Å². The van der Waals surface area contributed by atoms with Crippen LogP contribution in [-0.4, -0.2) is 11.9 Å². The monoisotopic (exact) mass is 312 g/mol. The number of carbonyl (C=O) groups is 2. The number of rotatable bonds is 0. The number of hydrogen-bond donors (Lipinski definition) is 0. The molecule has 114 valence electrons. The van der Waals surface area contributed by atoms with Crippen molar-refractivity contribution in [3.8, 4) is 0 Å². The van der Waals surface area contributed by atoms with Crippen LogP contribution in [0.25, 0.3) is 32.3 Å². The topological polar surface area (TPSA) is 43.4 Å². The molecular formula is C21H12O3. The van der Waals surface area contributed by atoms with Crippen molar-refractivity contribution in [2.75, 3.05) is 0 Å². The van der Waals surface area contributed by atoms with Gasteiger partial charge in [0.1, 0.15) is 0 Å². The molecule has 0 fully saturated rings. The van der Waals surface area contributed by atoms with Gasteiger partial charge in [-0.1, -0.05) is 60.2 Å². The second kappa shape index (κ2) is 4.42. The summed E-state index contributed by atoms with van der Waals surface area (Å²) in [4.78, 5) is 24.5. The summed E-state index contributed by atoms with van der Waals surface area (Å²) in [7, 11) is 0. The standard InChI is InChI=1S/C21H12O3/c1-11-6-7-12-8-9-15-17(16(12)10-11)13-4-2-3-5-14(13)18-19(15)21(23)24-20(18)22/h2-10H,1H3. The Morgan fingerprint density at radius 1 is 0.708 bits per heavy atom. The van der Waals surface area contributed by atoms with Gasteiger partial charge in [0.05, 0.1) is 11.1 Å². The molecule has 3 nitrogen and oxygen atoms in total. The lowest BCUT2D eigenvalue weighted by Gasteiger charge is -2.11. The fourth-order valence-electron chi connectivity index (χ4n) is 3.73. The fraction of sp³-hybridized carbons (Fsp3) is 0.0476. The minimum atomic E-state index is -0.558. The van der Waals surface area contributed by atoms with Crippen LogP contribution in [0.5, 0.6) is 0 Å². The van der Waals surface area contributed by atoms with Crippen LogP contribution in [0.15, 0.2) is 54.6 Å². The Bertz CT molecular complexity index is 1220. The molecule has 1 heterocycles. The molecule has 0 unspecified atom stereocenters. The van der Waals surface area contributed by atoms with Crippen LogP contribution in [0.3, 0.4) is 0 Å². The number of cyclic esters (lactones) is 2. The third-order valence-electron chi connectivity index (χ3n) is 4.76. The number of carbonyl (C=O) groups excluding carboxylic acids is 2. The summed E-state index contributed by atoms with van der Waals surface area (Å²) < 4.78 is 4.91. The first kappa shape index (κ1) is 13.3. The van der Waals surface area contributed by atoms with Crippen LogP contribution >= 0.6 is 0 Å². The first-order chi connectivity index (χ1) is 11.6. The van der Waals surface area contributed by atoms with Gasteiger partial charge in [-0.05, 0) is 39.2 Å². The molecule has 0 atom stereocenters. The molecule has 0 bridgehead atoms. The van der Waals surface area contributed by atoms with E-state index in [9.17, 15) is 9.59 Å². The number of ether oxygens (including phenoxy) is 1. The van der Waals surface area contributed by atoms with E-state index < -0.39 is 11.9 Å². The normalized spacial score (nSPS) is 13.7. The predicted octanol–water partition coefficient (Wildman–Crippen LogP) is 4.77. The Morgan fingerprint density at radius 2 is 1.38 bits per heavy atom. The van der Waals surface area contributed by atoms with Crippen molar-refractivity contribution < 1.29 is 14.3 Å². The van der Waals surface area contributed by atoms with Crippen LogP contribution < -0.4 is 0 Å². The number of esters is 2. The van der Waals surface area contributed by atoms with Crippen molar-refractivity contribution in [3.63, 3.8) is 0 Å². The quantitative estimate of drug-likeness (QED) is 0.267. The largest absolute Gasteiger partial charge is 0.386 e. The van der Waals surface area contributed by atoms with Crippen LogP contribution in [-0.2, 0) is 4.74 Å². The van der Waals surface area contributed by atoms with Crippen molar-refractivity contribution in [2.45, 2.75) is 6.92 Å². The van der Waals surface area contributed by atoms with E-state index in [1.165, 1.54) is 0 Å². The van der Waals surface area contributed by atoms with Crippen LogP contribution in [0, 0.1) is 6.92 Å². The molecule has 1 aliphatic heterocycles. The highest BCUT2D eigenvalue weighted by Crippen LogP contribution is 2.40. The van der Waals surface area contributed by atoms with Gasteiger partial charge >= 0.3 is 11.9 Å². The molecule has 4 aromatic rings. The first-order valence-corrected chi connectivity index (χ1v) is 7.79. The van der Waals surface area contributed by atoms with Gasteiger partial charge in [0, 0.05) is 0 Å². The molecule has 0 N–H and O–H groups in total. The number of fused-ring (bicyclic) bond motifs is 8. The van der Waals surface area contributed by atoms with Crippen LogP contribution in [0.2, 0.25) is 0 Å². The van der Waals surface area contributed by atoms with E-state index in [1.54, 1.807) is 0 Å². The second-order valence-electron chi connectivity index (χ2n) is 6.19. The minimum Gasteiger partial charge on any atom is -0.386 e. The third-order valence-corrected chi connectivity index (χ3v) is 4.76. The lowest BCUT2D eigenvalue weighted by Crippen LogP contribution is -1.97. The first-order valence-electron chi connectivity index (χ1n) is 7.79. The lowest BCUT2D eigenvalue weighted by molar-refractivity contribution is 0.0445. The molecule has 0 aliphatic carbocycles. The summed E-state index contributed by atoms with van der Waals surface area (Å²) >= 11 is 0. The van der Waals surface area contributed by atoms with Gasteiger partial charge in [0.25, 0.3) is 0 Å². The summed E-state index contributed by atoms with van der Waals surface area (Å²) in [6.45, 7) is 2.05. The van der Waals surface area contributed by atoms with Crippen LogP contribution in [0.1, 0.15) is 26.3 Å². The molecule has 0 spiro atoms. The van der Waals surface area contributed by atoms with E-state index in [0.717, 1.165) is 37.9 Å². The molecule has 0 aromatic heterocycles. The highest BCUT2D eigenvalue weighted by molar-refractivity contribution is 6.33. The zero-order valence-corrected chi connectivity index (χ0v) is 12.9. The molecule has 3 heteroatoms. The summed E-state index contributed by atoms with van der Waals surface area (Å²) in [5.41, 5.74) is 1.92. The number of aryl methyl sites for hydroxylation is 1. The average molecular weight is 312 g/mol. The Morgan fingerprint density at radius 3 is 2.17 bits per heavy atom. The van der Waals surface area contributed by atoms with Crippen molar-refractivity contribution in [2.24, 2.45) is 0 Å². The summed E-state index contributed by atoms with van der Waals surface area (Å²) in [5.74, 6) is -1.12. The highest BCUT2D eigenvalue weighted by atomic mass is 16.6. The minimum absolute atomic E-state index is 0.384. The van der Waals surface area contributed by atoms with Gasteiger partial charge in [-0.25, -0.2) is 9.59 Å². The second-order valence-corrected chi connectivity index (χ2v) is 6.19. The van der Waals surface area contributed by atoms with Gasteiger partial charge in [-0.15, -0.1) is 0 Å². The van der Waals surface area contributed by atoms with Crippen molar-refractivity contribution in [1.82, 2.24) is 0 Å². The van der Waals surface area contributed by atoms with Gasteiger partial charge in [-0.2, -0.15) is 0 Å². The van der Waals surface area contributed by atoms with E-state index in [2.05, 4.69) is 18.2 Å². The van der Waals surface area contributed by atoms with Crippen LogP contribution in [0.4, 0.5) is 0 Å². The highest BCUT2D eigenvalue weighted by Gasteiger charge is 2.34. The maximum atomic E-state index is 12.3. The molecule has 1 aliphatic rings. The molecule has 0 saturated heterocycles. The molecule has 0 radical (unpaired) electrons. The zero-order chi connectivity index (χ0) is 16.4. The zero-order valence-electron chi connectivity index (χ0n) is 12.9. The van der Waals surface area contributed by atoms with E-state index in [1.807, 2.05) is 43.3 Å². The maximum Gasteiger partial charge on any atom is 0.347 e. The lowest BCUT2D eigenvalue weighted by atomic mass is 9.89. The number of benzene rings is 4. The number of hydrogen-bond acceptors (Lipinski definition) is 3. The predicted molar refractivity (Wildman–Crippen MR) is 93.4 cm³/mol. The smallest absolute Gasteiger partial charge is 0.347 e. The van der Waals surface area contributed by atoms with Crippen molar-refractivity contribution >= 4 is 44.3 Å². The molecule has 0 saturated carbocycles. The Balaban J connectivity index is 2.17. The summed E-state index contributed by atoms with van der Waals surface area (Å²) in [5, 5.41) is 5.70. The van der Waals surface area contributed by atoms with E-state index in [4.69, 9.17) is 4.74 Å². The maximum absolute atomic E-state index is 12.3. The molecule has 24 heavy (non-hydrogen) atoms. The summed E-state index contributed by atoms with van der Waals surface area (Å²) in [6, 6.07) is 17.9. The molecule has 4 aromatic carbocycles. The van der Waals surface area contributed by atoms with E-state index in [-0.39, 0.29) is 0 Å². The summed E-state index contributed by atoms with van der Waals surface area (Å²) in [6.07, 6.45) is 0. The molecule has 5 rings (SSSR count). The molecule has 0 amide bonds. The SMILES string of the molecule is Cc1ccc2ccc3c4c(c5ccccc5c3c2c1)C(=O)OC4=O. The fourth-order valence-corrected chi connectivity index (χ4v) is 3.73. The Hall–Kier alpha value is -3.20. The van der Waals surface area contributed by atoms with E-state index in [0.29, 0.717) is 11.1 Å². The van der Waals surface area contributed by atoms with Gasteiger partial charge in [-0.3, -0.25) is 0 Å². The third kappa shape index (κ3) is 1.56. The average Bonchev–Trinajstić information content (AvgIpc) is 2.89. The van der Waals surface area contributed by atoms with Crippen molar-refractivity contribution in [1.29, 1.82) is 0 Å².